The Balaban J connectivity index is 2.09. The molecule has 4 N–H and O–H groups in total. The molecule has 0 spiro atoms. The lowest BCUT2D eigenvalue weighted by Gasteiger charge is -2.10. The van der Waals surface area contributed by atoms with Crippen molar-refractivity contribution in [3.8, 4) is 0 Å². The van der Waals surface area contributed by atoms with Gasteiger partial charge in [-0.25, -0.2) is 0 Å². The van der Waals surface area contributed by atoms with Crippen LogP contribution in [0.3, 0.4) is 0 Å². The second-order valence-corrected chi connectivity index (χ2v) is 5.37. The quantitative estimate of drug-likeness (QED) is 0.579. The normalized spacial score (nSPS) is 10.1. The summed E-state index contributed by atoms with van der Waals surface area (Å²) >= 11 is 11.9. The molecule has 0 radical (unpaired) electrons. The van der Waals surface area contributed by atoms with Gasteiger partial charge in [0.05, 0.1) is 10.7 Å². The van der Waals surface area contributed by atoms with E-state index in [4.69, 9.17) is 28.9 Å². The zero-order valence-corrected chi connectivity index (χ0v) is 13.1. The maximum atomic E-state index is 11.9. The van der Waals surface area contributed by atoms with E-state index < -0.39 is 11.8 Å². The molecule has 2 aromatic rings. The van der Waals surface area contributed by atoms with E-state index in [2.05, 4.69) is 10.6 Å². The molecule has 5 nitrogen and oxygen atoms in total. The minimum atomic E-state index is -0.842. The molecule has 2 aromatic carbocycles. The Morgan fingerprint density at radius 1 is 0.955 bits per heavy atom. The molecule has 2 amide bonds. The van der Waals surface area contributed by atoms with Gasteiger partial charge in [0, 0.05) is 16.4 Å². The molecule has 0 fully saturated rings. The number of nitrogens with two attached hydrogens (primary N) is 1. The fourth-order valence-corrected chi connectivity index (χ4v) is 2.14. The summed E-state index contributed by atoms with van der Waals surface area (Å²) in [5.74, 6) is -1.66. The molecule has 0 aliphatic heterocycles. The third-order valence-electron chi connectivity index (χ3n) is 2.96. The molecule has 0 unspecified atom stereocenters. The zero-order valence-electron chi connectivity index (χ0n) is 11.6. The maximum Gasteiger partial charge on any atom is 0.314 e. The molecule has 0 bridgehead atoms. The van der Waals surface area contributed by atoms with Crippen molar-refractivity contribution in [3.63, 3.8) is 0 Å². The predicted octanol–water partition coefficient (Wildman–Crippen LogP) is 3.46. The first-order valence-electron chi connectivity index (χ1n) is 6.31. The minimum Gasteiger partial charge on any atom is -0.399 e. The van der Waals surface area contributed by atoms with Crippen molar-refractivity contribution in [2.75, 3.05) is 16.4 Å². The Morgan fingerprint density at radius 2 is 1.59 bits per heavy atom. The highest BCUT2D eigenvalue weighted by atomic mass is 35.5. The average Bonchev–Trinajstić information content (AvgIpc) is 2.46. The Labute approximate surface area is 137 Å². The number of anilines is 3. The summed E-state index contributed by atoms with van der Waals surface area (Å²) in [6, 6.07) is 9.60. The third kappa shape index (κ3) is 3.69. The summed E-state index contributed by atoms with van der Waals surface area (Å²) in [4.78, 5) is 23.8. The maximum absolute atomic E-state index is 11.9. The molecule has 0 aliphatic rings. The van der Waals surface area contributed by atoms with E-state index in [1.807, 2.05) is 0 Å². The van der Waals surface area contributed by atoms with Crippen molar-refractivity contribution in [1.29, 1.82) is 0 Å². The van der Waals surface area contributed by atoms with E-state index in [-0.39, 0.29) is 5.02 Å². The SMILES string of the molecule is Cc1c(Cl)cccc1NC(=O)C(=O)Nc1ccc(N)cc1Cl. The summed E-state index contributed by atoms with van der Waals surface area (Å²) in [7, 11) is 0. The largest absolute Gasteiger partial charge is 0.399 e. The summed E-state index contributed by atoms with van der Waals surface area (Å²) in [6.45, 7) is 1.74. The lowest BCUT2D eigenvalue weighted by molar-refractivity contribution is -0.133. The topological polar surface area (TPSA) is 84.2 Å². The van der Waals surface area contributed by atoms with Crippen LogP contribution in [0.25, 0.3) is 0 Å². The van der Waals surface area contributed by atoms with Crippen molar-refractivity contribution >= 4 is 52.1 Å². The number of rotatable bonds is 2. The number of carbonyl (C=O) groups is 2. The molecule has 0 aliphatic carbocycles. The van der Waals surface area contributed by atoms with Crippen LogP contribution in [0.1, 0.15) is 5.56 Å². The molecule has 0 atom stereocenters. The number of benzene rings is 2. The van der Waals surface area contributed by atoms with Crippen molar-refractivity contribution in [3.05, 3.63) is 52.0 Å². The summed E-state index contributed by atoms with van der Waals surface area (Å²) in [6.07, 6.45) is 0. The summed E-state index contributed by atoms with van der Waals surface area (Å²) < 4.78 is 0. The van der Waals surface area contributed by atoms with Crippen LogP contribution in [0.5, 0.6) is 0 Å². The molecule has 0 aromatic heterocycles. The fourth-order valence-electron chi connectivity index (χ4n) is 1.73. The van der Waals surface area contributed by atoms with Crippen molar-refractivity contribution in [2.45, 2.75) is 6.92 Å². The monoisotopic (exact) mass is 337 g/mol. The molecule has 7 heteroatoms. The van der Waals surface area contributed by atoms with E-state index in [0.29, 0.717) is 27.6 Å². The number of nitrogen functional groups attached to an aromatic ring is 1. The van der Waals surface area contributed by atoms with Gasteiger partial charge in [-0.05, 0) is 42.8 Å². The number of halogens is 2. The van der Waals surface area contributed by atoms with Crippen LogP contribution < -0.4 is 16.4 Å². The third-order valence-corrected chi connectivity index (χ3v) is 3.69. The zero-order chi connectivity index (χ0) is 16.3. The first kappa shape index (κ1) is 16.1. The van der Waals surface area contributed by atoms with Gasteiger partial charge in [0.2, 0.25) is 0 Å². The minimum absolute atomic E-state index is 0.250. The first-order valence-corrected chi connectivity index (χ1v) is 7.06. The number of hydrogen-bond acceptors (Lipinski definition) is 3. The number of nitrogens with one attached hydrogen (secondary N) is 2. The van der Waals surface area contributed by atoms with Gasteiger partial charge in [-0.3, -0.25) is 9.59 Å². The van der Waals surface area contributed by atoms with Crippen molar-refractivity contribution < 1.29 is 9.59 Å². The Hall–Kier alpha value is -2.24. The Kier molecular flexibility index (Phi) is 4.90. The first-order chi connectivity index (χ1) is 10.4. The van der Waals surface area contributed by atoms with Crippen molar-refractivity contribution in [2.24, 2.45) is 0 Å². The van der Waals surface area contributed by atoms with Gasteiger partial charge in [0.25, 0.3) is 0 Å². The fraction of sp³-hybridized carbons (Fsp3) is 0.0667. The molecule has 22 heavy (non-hydrogen) atoms. The van der Waals surface area contributed by atoms with Gasteiger partial charge in [0.1, 0.15) is 0 Å². The van der Waals surface area contributed by atoms with Crippen LogP contribution in [0.4, 0.5) is 17.1 Å². The highest BCUT2D eigenvalue weighted by Crippen LogP contribution is 2.25. The van der Waals surface area contributed by atoms with Crippen LogP contribution in [0.15, 0.2) is 36.4 Å². The van der Waals surface area contributed by atoms with Gasteiger partial charge >= 0.3 is 11.8 Å². The smallest absolute Gasteiger partial charge is 0.314 e. The van der Waals surface area contributed by atoms with E-state index in [0.717, 1.165) is 0 Å². The highest BCUT2D eigenvalue weighted by Gasteiger charge is 2.16. The van der Waals surface area contributed by atoms with Gasteiger partial charge in [-0.15, -0.1) is 0 Å². The van der Waals surface area contributed by atoms with Crippen LogP contribution in [0.2, 0.25) is 10.0 Å². The average molecular weight is 338 g/mol. The van der Waals surface area contributed by atoms with Gasteiger partial charge < -0.3 is 16.4 Å². The highest BCUT2D eigenvalue weighted by molar-refractivity contribution is 6.45. The lowest BCUT2D eigenvalue weighted by atomic mass is 10.2. The second-order valence-electron chi connectivity index (χ2n) is 4.56. The van der Waals surface area contributed by atoms with Crippen LogP contribution in [0, 0.1) is 6.92 Å². The lowest BCUT2D eigenvalue weighted by Crippen LogP contribution is -2.29. The standard InChI is InChI=1S/C15H13Cl2N3O2/c1-8-10(16)3-2-4-12(8)19-14(21)15(22)20-13-6-5-9(18)7-11(13)17/h2-7H,18H2,1H3,(H,19,21)(H,20,22). The van der Waals surface area contributed by atoms with Crippen LogP contribution >= 0.6 is 23.2 Å². The van der Waals surface area contributed by atoms with E-state index in [1.165, 1.54) is 12.1 Å². The summed E-state index contributed by atoms with van der Waals surface area (Å²) in [5.41, 5.74) is 7.47. The molecular formula is C15H13Cl2N3O2. The van der Waals surface area contributed by atoms with Crippen LogP contribution in [-0.2, 0) is 9.59 Å². The number of carbonyl (C=O) groups excluding carboxylic acids is 2. The second kappa shape index (κ2) is 6.68. The molecule has 0 heterocycles. The van der Waals surface area contributed by atoms with E-state index in [1.54, 1.807) is 31.2 Å². The molecule has 114 valence electrons. The summed E-state index contributed by atoms with van der Waals surface area (Å²) in [5, 5.41) is 5.67. The van der Waals surface area contributed by atoms with Gasteiger partial charge in [-0.2, -0.15) is 0 Å². The van der Waals surface area contributed by atoms with Crippen LogP contribution in [-0.4, -0.2) is 11.8 Å². The molecule has 2 rings (SSSR count). The van der Waals surface area contributed by atoms with Crippen molar-refractivity contribution in [1.82, 2.24) is 0 Å². The number of hydrogen-bond donors (Lipinski definition) is 3. The Morgan fingerprint density at radius 3 is 2.23 bits per heavy atom. The van der Waals surface area contributed by atoms with E-state index in [9.17, 15) is 9.59 Å². The van der Waals surface area contributed by atoms with Gasteiger partial charge in [-0.1, -0.05) is 29.3 Å². The van der Waals surface area contributed by atoms with Gasteiger partial charge in [0.15, 0.2) is 0 Å². The molecular weight excluding hydrogens is 325 g/mol. The Bertz CT molecular complexity index is 748. The number of amides is 2. The molecule has 0 saturated carbocycles. The molecule has 0 saturated heterocycles. The predicted molar refractivity (Wildman–Crippen MR) is 89.3 cm³/mol. The van der Waals surface area contributed by atoms with E-state index >= 15 is 0 Å².